The topological polar surface area (TPSA) is 113 Å². The van der Waals surface area contributed by atoms with Gasteiger partial charge in [-0.05, 0) is 17.5 Å². The van der Waals surface area contributed by atoms with Crippen LogP contribution in [0.1, 0.15) is 139 Å². The highest BCUT2D eigenvalue weighted by atomic mass is 16.6. The standard InChI is InChI=1S/C35H48O8/c1-2-3-4-5-6-7-8-9-10-11-12-13-14-15-16-21-28(36)41-23-27-30(26-22-29(37)42-33(26)38)24-19-17-18-20-25(24)31-32(27)35(40)43-34(31)39/h17-20,26-27,30-32H,2-16,21-23H2,1H3. The van der Waals surface area contributed by atoms with E-state index in [-0.39, 0.29) is 25.4 Å². The van der Waals surface area contributed by atoms with Gasteiger partial charge in [0, 0.05) is 18.3 Å². The van der Waals surface area contributed by atoms with Crippen LogP contribution < -0.4 is 0 Å². The molecule has 0 bridgehead atoms. The fraction of sp³-hybridized carbons (Fsp3) is 0.686. The Morgan fingerprint density at radius 2 is 1.26 bits per heavy atom. The van der Waals surface area contributed by atoms with E-state index in [9.17, 15) is 24.0 Å². The van der Waals surface area contributed by atoms with Crippen LogP contribution in [-0.2, 0) is 38.2 Å². The minimum atomic E-state index is -0.894. The molecule has 0 radical (unpaired) electrons. The van der Waals surface area contributed by atoms with Gasteiger partial charge < -0.3 is 14.2 Å². The first-order chi connectivity index (χ1) is 20.9. The Labute approximate surface area is 255 Å². The van der Waals surface area contributed by atoms with Gasteiger partial charge in [-0.1, -0.05) is 121 Å². The lowest BCUT2D eigenvalue weighted by Gasteiger charge is -2.39. The number of rotatable bonds is 19. The van der Waals surface area contributed by atoms with Crippen molar-refractivity contribution >= 4 is 29.8 Å². The molecule has 2 fully saturated rings. The van der Waals surface area contributed by atoms with Gasteiger partial charge in [-0.15, -0.1) is 0 Å². The van der Waals surface area contributed by atoms with Crippen molar-refractivity contribution in [1.82, 2.24) is 0 Å². The monoisotopic (exact) mass is 596 g/mol. The van der Waals surface area contributed by atoms with Crippen molar-refractivity contribution < 1.29 is 38.2 Å². The molecule has 2 heterocycles. The second kappa shape index (κ2) is 16.7. The SMILES string of the molecule is CCCCCCCCCCCCCCCCCC(=O)OCC1C2C(=O)OC(=O)C2c2ccccc2C1C1CC(=O)OC1=O. The highest BCUT2D eigenvalue weighted by Gasteiger charge is 2.59. The largest absolute Gasteiger partial charge is 0.465 e. The first kappa shape index (κ1) is 32.9. The summed E-state index contributed by atoms with van der Waals surface area (Å²) in [6, 6.07) is 7.10. The molecular formula is C35H48O8. The fourth-order valence-electron chi connectivity index (χ4n) is 7.20. The maximum atomic E-state index is 12.9. The molecule has 5 atom stereocenters. The van der Waals surface area contributed by atoms with Crippen LogP contribution in [-0.4, -0.2) is 36.5 Å². The molecule has 1 aliphatic carbocycles. The Morgan fingerprint density at radius 1 is 0.698 bits per heavy atom. The average Bonchev–Trinajstić information content (AvgIpc) is 3.49. The first-order valence-electron chi connectivity index (χ1n) is 16.7. The van der Waals surface area contributed by atoms with E-state index in [1.54, 1.807) is 24.3 Å². The van der Waals surface area contributed by atoms with Crippen molar-refractivity contribution in [2.75, 3.05) is 6.61 Å². The molecule has 4 rings (SSSR count). The molecule has 8 heteroatoms. The molecule has 5 unspecified atom stereocenters. The van der Waals surface area contributed by atoms with E-state index in [1.807, 2.05) is 0 Å². The van der Waals surface area contributed by atoms with Crippen LogP contribution in [0, 0.1) is 17.8 Å². The van der Waals surface area contributed by atoms with E-state index in [0.717, 1.165) is 19.3 Å². The molecule has 0 N–H and O–H groups in total. The van der Waals surface area contributed by atoms with E-state index in [2.05, 4.69) is 6.92 Å². The Kier molecular flexibility index (Phi) is 12.8. The smallest absolute Gasteiger partial charge is 0.321 e. The number of benzene rings is 1. The van der Waals surface area contributed by atoms with Gasteiger partial charge in [-0.2, -0.15) is 0 Å². The van der Waals surface area contributed by atoms with Crippen molar-refractivity contribution in [3.8, 4) is 0 Å². The summed E-state index contributed by atoms with van der Waals surface area (Å²) in [4.78, 5) is 62.9. The Morgan fingerprint density at radius 3 is 1.81 bits per heavy atom. The maximum absolute atomic E-state index is 12.9. The molecule has 1 aromatic carbocycles. The molecule has 8 nitrogen and oxygen atoms in total. The maximum Gasteiger partial charge on any atom is 0.321 e. The summed E-state index contributed by atoms with van der Waals surface area (Å²) in [6.45, 7) is 2.11. The number of carbonyl (C=O) groups is 5. The summed E-state index contributed by atoms with van der Waals surface area (Å²) in [7, 11) is 0. The quantitative estimate of drug-likeness (QED) is 0.0721. The molecule has 2 saturated heterocycles. The van der Waals surface area contributed by atoms with Gasteiger partial charge in [0.1, 0.15) is 0 Å². The van der Waals surface area contributed by atoms with Crippen molar-refractivity contribution in [1.29, 1.82) is 0 Å². The number of cyclic esters (lactones) is 4. The van der Waals surface area contributed by atoms with Gasteiger partial charge in [0.15, 0.2) is 0 Å². The summed E-state index contributed by atoms with van der Waals surface area (Å²) in [5, 5.41) is 0. The third-order valence-electron chi connectivity index (χ3n) is 9.46. The predicted molar refractivity (Wildman–Crippen MR) is 160 cm³/mol. The van der Waals surface area contributed by atoms with Crippen LogP contribution >= 0.6 is 0 Å². The average molecular weight is 597 g/mol. The number of hydrogen-bond donors (Lipinski definition) is 0. The van der Waals surface area contributed by atoms with E-state index >= 15 is 0 Å². The minimum Gasteiger partial charge on any atom is -0.465 e. The van der Waals surface area contributed by atoms with Crippen LogP contribution in [0.25, 0.3) is 0 Å². The number of fused-ring (bicyclic) bond motifs is 3. The van der Waals surface area contributed by atoms with Crippen LogP contribution in [0.15, 0.2) is 24.3 Å². The summed E-state index contributed by atoms with van der Waals surface area (Å²) in [6.07, 6.45) is 18.7. The molecular weight excluding hydrogens is 548 g/mol. The molecule has 0 aromatic heterocycles. The molecule has 0 saturated carbocycles. The lowest BCUT2D eigenvalue weighted by molar-refractivity contribution is -0.157. The zero-order chi connectivity index (χ0) is 30.6. The third-order valence-corrected chi connectivity index (χ3v) is 9.46. The number of hydrogen-bond acceptors (Lipinski definition) is 8. The van der Waals surface area contributed by atoms with Crippen LogP contribution in [0.4, 0.5) is 0 Å². The summed E-state index contributed by atoms with van der Waals surface area (Å²) >= 11 is 0. The molecule has 3 aliphatic rings. The number of ether oxygens (including phenoxy) is 3. The van der Waals surface area contributed by atoms with E-state index in [4.69, 9.17) is 14.2 Å². The Bertz CT molecular complexity index is 1130. The minimum absolute atomic E-state index is 0.123. The third kappa shape index (κ3) is 8.76. The molecule has 0 spiro atoms. The van der Waals surface area contributed by atoms with Gasteiger partial charge in [0.05, 0.1) is 30.8 Å². The van der Waals surface area contributed by atoms with E-state index in [0.29, 0.717) is 11.1 Å². The molecule has 0 amide bonds. The Balaban J connectivity index is 1.19. The zero-order valence-electron chi connectivity index (χ0n) is 25.7. The fourth-order valence-corrected chi connectivity index (χ4v) is 7.20. The second-order valence-electron chi connectivity index (χ2n) is 12.5. The second-order valence-corrected chi connectivity index (χ2v) is 12.5. The first-order valence-corrected chi connectivity index (χ1v) is 16.7. The number of unbranched alkanes of at least 4 members (excludes halogenated alkanes) is 14. The van der Waals surface area contributed by atoms with Gasteiger partial charge in [0.25, 0.3) is 0 Å². The van der Waals surface area contributed by atoms with Crippen molar-refractivity contribution in [2.45, 2.75) is 128 Å². The summed E-state index contributed by atoms with van der Waals surface area (Å²) in [5.74, 6) is -6.82. The van der Waals surface area contributed by atoms with Crippen molar-refractivity contribution in [3.63, 3.8) is 0 Å². The number of carbonyl (C=O) groups excluding carboxylic acids is 5. The van der Waals surface area contributed by atoms with E-state index < -0.39 is 53.5 Å². The highest BCUT2D eigenvalue weighted by molar-refractivity contribution is 6.01. The van der Waals surface area contributed by atoms with Crippen molar-refractivity contribution in [2.24, 2.45) is 17.8 Å². The van der Waals surface area contributed by atoms with Gasteiger partial charge in [-0.3, -0.25) is 24.0 Å². The summed E-state index contributed by atoms with van der Waals surface area (Å²) in [5.41, 5.74) is 1.30. The van der Waals surface area contributed by atoms with Gasteiger partial charge in [0.2, 0.25) is 0 Å². The highest BCUT2D eigenvalue weighted by Crippen LogP contribution is 2.54. The van der Waals surface area contributed by atoms with Crippen LogP contribution in [0.3, 0.4) is 0 Å². The van der Waals surface area contributed by atoms with Crippen LogP contribution in [0.2, 0.25) is 0 Å². The summed E-state index contributed by atoms with van der Waals surface area (Å²) < 4.78 is 15.5. The van der Waals surface area contributed by atoms with Gasteiger partial charge >= 0.3 is 29.8 Å². The lowest BCUT2D eigenvalue weighted by Crippen LogP contribution is -2.42. The lowest BCUT2D eigenvalue weighted by atomic mass is 9.61. The Hall–Kier alpha value is -3.03. The van der Waals surface area contributed by atoms with Crippen LogP contribution in [0.5, 0.6) is 0 Å². The normalized spacial score (nSPS) is 24.4. The van der Waals surface area contributed by atoms with Gasteiger partial charge in [-0.25, -0.2) is 0 Å². The van der Waals surface area contributed by atoms with Crippen molar-refractivity contribution in [3.05, 3.63) is 35.4 Å². The number of esters is 5. The van der Waals surface area contributed by atoms with E-state index in [1.165, 1.54) is 77.0 Å². The molecule has 2 aliphatic heterocycles. The molecule has 1 aromatic rings. The molecule has 236 valence electrons. The zero-order valence-corrected chi connectivity index (χ0v) is 25.7. The predicted octanol–water partition coefficient (Wildman–Crippen LogP) is 7.08. The molecule has 43 heavy (non-hydrogen) atoms.